The minimum Gasteiger partial charge on any atom is -0.228 e. The highest BCUT2D eigenvalue weighted by molar-refractivity contribution is 5.86. The van der Waals surface area contributed by atoms with Crippen molar-refractivity contribution in [1.29, 1.82) is 0 Å². The molecule has 0 unspecified atom stereocenters. The summed E-state index contributed by atoms with van der Waals surface area (Å²) in [6.07, 6.45) is 0. The van der Waals surface area contributed by atoms with Crippen LogP contribution in [0.5, 0.6) is 0 Å². The second kappa shape index (κ2) is 16.9. The molecule has 342 valence electrons. The van der Waals surface area contributed by atoms with Crippen LogP contribution in [0.2, 0.25) is 0 Å². The maximum absolute atomic E-state index is 5.32. The molecule has 0 saturated heterocycles. The molecule has 0 bridgehead atoms. The number of nitrogens with zero attached hydrogens (tertiary/aromatic N) is 5. The van der Waals surface area contributed by atoms with Crippen molar-refractivity contribution in [2.24, 2.45) is 0 Å². The summed E-state index contributed by atoms with van der Waals surface area (Å²) in [5.41, 5.74) is 21.9. The van der Waals surface area contributed by atoms with E-state index in [4.69, 9.17) is 24.9 Å². The van der Waals surface area contributed by atoms with Crippen LogP contribution in [0.15, 0.2) is 224 Å². The van der Waals surface area contributed by atoms with Crippen molar-refractivity contribution in [3.63, 3.8) is 0 Å². The molecule has 11 aromatic rings. The maximum Gasteiger partial charge on any atom is 0.164 e. The van der Waals surface area contributed by atoms with Gasteiger partial charge in [-0.15, -0.1) is 0 Å². The van der Waals surface area contributed by atoms with Crippen molar-refractivity contribution in [1.82, 2.24) is 24.9 Å². The van der Waals surface area contributed by atoms with Gasteiger partial charge in [0.1, 0.15) is 0 Å². The van der Waals surface area contributed by atoms with Gasteiger partial charge in [-0.25, -0.2) is 24.9 Å². The molecule has 2 aliphatic rings. The highest BCUT2D eigenvalue weighted by Crippen LogP contribution is 2.51. The van der Waals surface area contributed by atoms with E-state index in [0.717, 1.165) is 61.5 Å². The number of benzene rings is 9. The third-order valence-corrected chi connectivity index (χ3v) is 15.0. The van der Waals surface area contributed by atoms with E-state index in [1.54, 1.807) is 0 Å². The van der Waals surface area contributed by atoms with Crippen LogP contribution in [0.4, 0.5) is 0 Å². The lowest BCUT2D eigenvalue weighted by molar-refractivity contribution is 0.660. The fourth-order valence-corrected chi connectivity index (χ4v) is 11.1. The normalized spacial score (nSPS) is 13.5. The molecular weight excluding hydrogens is 875 g/mol. The Morgan fingerprint density at radius 1 is 0.222 bits per heavy atom. The van der Waals surface area contributed by atoms with Crippen molar-refractivity contribution in [2.45, 2.75) is 38.5 Å². The second-order valence-electron chi connectivity index (χ2n) is 20.1. The quantitative estimate of drug-likeness (QED) is 0.152. The number of rotatable bonds is 8. The molecule has 0 amide bonds. The molecule has 72 heavy (non-hydrogen) atoms. The molecule has 0 atom stereocenters. The molecule has 2 aromatic heterocycles. The molecule has 0 radical (unpaired) electrons. The van der Waals surface area contributed by atoms with E-state index in [1.165, 1.54) is 50.1 Å². The minimum absolute atomic E-state index is 0.172. The first kappa shape index (κ1) is 43.1. The minimum atomic E-state index is -0.172. The second-order valence-corrected chi connectivity index (χ2v) is 20.1. The molecule has 5 nitrogen and oxygen atoms in total. The maximum atomic E-state index is 5.32. The zero-order valence-electron chi connectivity index (χ0n) is 40.6. The third-order valence-electron chi connectivity index (χ3n) is 15.0. The molecule has 0 spiro atoms. The van der Waals surface area contributed by atoms with Gasteiger partial charge in [-0.05, 0) is 97.1 Å². The average Bonchev–Trinajstić information content (AvgIpc) is 3.82. The zero-order chi connectivity index (χ0) is 48.6. The van der Waals surface area contributed by atoms with E-state index >= 15 is 0 Å². The van der Waals surface area contributed by atoms with Gasteiger partial charge in [0.05, 0.1) is 11.4 Å². The Labute approximate surface area is 420 Å². The first-order valence-electron chi connectivity index (χ1n) is 24.7. The summed E-state index contributed by atoms with van der Waals surface area (Å²) in [4.78, 5) is 26.3. The van der Waals surface area contributed by atoms with Gasteiger partial charge < -0.3 is 0 Å². The lowest BCUT2D eigenvalue weighted by Gasteiger charge is -2.22. The van der Waals surface area contributed by atoms with Crippen molar-refractivity contribution >= 4 is 0 Å². The fraction of sp³-hybridized carbons (Fsp3) is 0.0896. The van der Waals surface area contributed by atoms with Gasteiger partial charge >= 0.3 is 0 Å². The van der Waals surface area contributed by atoms with Crippen LogP contribution in [0.3, 0.4) is 0 Å². The molecule has 0 saturated carbocycles. The smallest absolute Gasteiger partial charge is 0.164 e. The first-order chi connectivity index (χ1) is 35.2. The van der Waals surface area contributed by atoms with Gasteiger partial charge in [-0.3, -0.25) is 0 Å². The Bertz CT molecular complexity index is 3790. The van der Waals surface area contributed by atoms with Crippen LogP contribution >= 0.6 is 0 Å². The number of hydrogen-bond acceptors (Lipinski definition) is 5. The van der Waals surface area contributed by atoms with Crippen LogP contribution < -0.4 is 0 Å². The number of aromatic nitrogens is 5. The van der Waals surface area contributed by atoms with Gasteiger partial charge in [0, 0.05) is 44.2 Å². The molecule has 0 aliphatic heterocycles. The summed E-state index contributed by atoms with van der Waals surface area (Å²) < 4.78 is 0. The fourth-order valence-electron chi connectivity index (χ4n) is 11.1. The van der Waals surface area contributed by atoms with Crippen molar-refractivity contribution < 1.29 is 0 Å². The summed E-state index contributed by atoms with van der Waals surface area (Å²) in [5.74, 6) is 2.58. The van der Waals surface area contributed by atoms with Gasteiger partial charge in [-0.2, -0.15) is 0 Å². The largest absolute Gasteiger partial charge is 0.228 e. The average molecular weight is 924 g/mol. The van der Waals surface area contributed by atoms with E-state index in [-0.39, 0.29) is 10.8 Å². The third kappa shape index (κ3) is 7.36. The molecular formula is C67H49N5. The summed E-state index contributed by atoms with van der Waals surface area (Å²) in [6, 6.07) is 79.5. The van der Waals surface area contributed by atoms with Crippen molar-refractivity contribution in [2.75, 3.05) is 0 Å². The van der Waals surface area contributed by atoms with Gasteiger partial charge in [0.25, 0.3) is 0 Å². The van der Waals surface area contributed by atoms with Crippen molar-refractivity contribution in [3.05, 3.63) is 247 Å². The Morgan fingerprint density at radius 2 is 0.569 bits per heavy atom. The lowest BCUT2D eigenvalue weighted by Crippen LogP contribution is -2.15. The van der Waals surface area contributed by atoms with E-state index in [9.17, 15) is 0 Å². The van der Waals surface area contributed by atoms with Gasteiger partial charge in [-0.1, -0.05) is 222 Å². The molecule has 13 rings (SSSR count). The summed E-state index contributed by atoms with van der Waals surface area (Å²) in [5, 5.41) is 0. The van der Waals surface area contributed by atoms with Crippen LogP contribution in [0.1, 0.15) is 49.9 Å². The highest BCUT2D eigenvalue weighted by atomic mass is 15.0. The molecule has 2 aliphatic carbocycles. The first-order valence-corrected chi connectivity index (χ1v) is 24.7. The Hall–Kier alpha value is -8.93. The molecule has 9 aromatic carbocycles. The van der Waals surface area contributed by atoms with Crippen LogP contribution in [-0.4, -0.2) is 24.9 Å². The Kier molecular flexibility index (Phi) is 10.1. The number of fused-ring (bicyclic) bond motifs is 6. The highest BCUT2D eigenvalue weighted by Gasteiger charge is 2.37. The van der Waals surface area contributed by atoms with Crippen LogP contribution in [0, 0.1) is 0 Å². The van der Waals surface area contributed by atoms with E-state index in [2.05, 4.69) is 228 Å². The number of hydrogen-bond donors (Lipinski definition) is 0. The molecule has 5 heteroatoms. The zero-order valence-corrected chi connectivity index (χ0v) is 40.6. The van der Waals surface area contributed by atoms with E-state index < -0.39 is 0 Å². The van der Waals surface area contributed by atoms with Crippen LogP contribution in [-0.2, 0) is 10.8 Å². The lowest BCUT2D eigenvalue weighted by atomic mass is 9.82. The van der Waals surface area contributed by atoms with E-state index in [0.29, 0.717) is 23.3 Å². The van der Waals surface area contributed by atoms with E-state index in [1.807, 2.05) is 24.3 Å². The van der Waals surface area contributed by atoms with Gasteiger partial charge in [0.2, 0.25) is 0 Å². The molecule has 0 N–H and O–H groups in total. The predicted octanol–water partition coefficient (Wildman–Crippen LogP) is 16.6. The summed E-state index contributed by atoms with van der Waals surface area (Å²) in [7, 11) is 0. The predicted molar refractivity (Wildman–Crippen MR) is 294 cm³/mol. The summed E-state index contributed by atoms with van der Waals surface area (Å²) >= 11 is 0. The Balaban J connectivity index is 0.905. The topological polar surface area (TPSA) is 64.5 Å². The molecule has 0 fully saturated rings. The van der Waals surface area contributed by atoms with Crippen molar-refractivity contribution in [3.8, 4) is 113 Å². The Morgan fingerprint density at radius 3 is 1.11 bits per heavy atom. The van der Waals surface area contributed by atoms with Gasteiger partial charge in [0.15, 0.2) is 23.3 Å². The molecule has 2 heterocycles. The monoisotopic (exact) mass is 923 g/mol. The standard InChI is InChI=1S/C67H49N5/c1-66(2)56-27-13-11-25-52(56)54-35-33-50(39-58(54)66)64-70-63(71-65(72-64)51-34-36-55-53-26-12-14-28-57(53)67(3,4)59(55)40-51)49-24-16-22-47(38-49)46-21-15-23-48(37-46)61-41-60(68-62(69-61)45-19-9-6-10-20-45)44-31-29-43(30-32-44)42-17-7-5-8-18-42/h5-41H,1-4H3. The SMILES string of the molecule is CC1(C)c2ccccc2-c2ccc(-c3nc(-c4cccc(-c5cccc(-c6cc(-c7ccc(-c8ccccc8)cc7)nc(-c7ccccc7)n6)c5)c4)nc(-c4ccc5c(c4)C(C)(C)c4ccccc4-5)n3)cc21. The van der Waals surface area contributed by atoms with Crippen LogP contribution in [0.25, 0.3) is 113 Å². The summed E-state index contributed by atoms with van der Waals surface area (Å²) in [6.45, 7) is 9.25.